The third kappa shape index (κ3) is 6.59. The zero-order chi connectivity index (χ0) is 14.5. The molecule has 0 aliphatic heterocycles. The molecule has 0 amide bonds. The molecule has 0 saturated heterocycles. The van der Waals surface area contributed by atoms with Crippen LogP contribution in [0.25, 0.3) is 0 Å². The Morgan fingerprint density at radius 2 is 1.89 bits per heavy atom. The molecule has 1 aromatic rings. The van der Waals surface area contributed by atoms with Gasteiger partial charge in [-0.2, -0.15) is 0 Å². The van der Waals surface area contributed by atoms with Crippen molar-refractivity contribution in [2.45, 2.75) is 39.0 Å². The van der Waals surface area contributed by atoms with Crippen LogP contribution in [0.15, 0.2) is 24.3 Å². The Morgan fingerprint density at radius 3 is 2.47 bits per heavy atom. The minimum absolute atomic E-state index is 0.0123. The van der Waals surface area contributed by atoms with Gasteiger partial charge in [0.2, 0.25) is 10.0 Å². The summed E-state index contributed by atoms with van der Waals surface area (Å²) in [5.41, 5.74) is 1.31. The van der Waals surface area contributed by atoms with Crippen molar-refractivity contribution in [2.75, 3.05) is 12.4 Å². The van der Waals surface area contributed by atoms with Crippen molar-refractivity contribution in [3.05, 3.63) is 29.8 Å². The standard InChI is InChI=1S/C14H23NO3S/c1-14(2,3)12-7-6-8-13(11-12)18-9-4-5-10-19(15,16)17/h6-8,11H,4-5,9-10H2,1-3H3,(H2,15,16,17). The summed E-state index contributed by atoms with van der Waals surface area (Å²) in [6.45, 7) is 6.96. The molecule has 1 aromatic carbocycles. The number of sulfonamides is 1. The summed E-state index contributed by atoms with van der Waals surface area (Å²) in [7, 11) is -3.35. The highest BCUT2D eigenvalue weighted by Gasteiger charge is 2.13. The fourth-order valence-corrected chi connectivity index (χ4v) is 2.25. The van der Waals surface area contributed by atoms with Crippen molar-refractivity contribution in [2.24, 2.45) is 5.14 Å². The second kappa shape index (κ2) is 6.39. The van der Waals surface area contributed by atoms with Crippen LogP contribution in [-0.4, -0.2) is 20.8 Å². The normalized spacial score (nSPS) is 12.4. The van der Waals surface area contributed by atoms with E-state index in [9.17, 15) is 8.42 Å². The van der Waals surface area contributed by atoms with Crippen LogP contribution in [-0.2, 0) is 15.4 Å². The molecule has 0 aliphatic rings. The van der Waals surface area contributed by atoms with Gasteiger partial charge < -0.3 is 4.74 Å². The summed E-state index contributed by atoms with van der Waals surface area (Å²) in [5.74, 6) is 0.835. The molecule has 0 bridgehead atoms. The molecular weight excluding hydrogens is 262 g/mol. The van der Waals surface area contributed by atoms with Gasteiger partial charge in [-0.3, -0.25) is 0 Å². The average Bonchev–Trinajstić information content (AvgIpc) is 2.26. The number of unbranched alkanes of at least 4 members (excludes halogenated alkanes) is 1. The zero-order valence-corrected chi connectivity index (χ0v) is 12.7. The first-order chi connectivity index (χ1) is 8.68. The van der Waals surface area contributed by atoms with Crippen LogP contribution in [0.5, 0.6) is 5.75 Å². The second-order valence-electron chi connectivity index (χ2n) is 5.70. The monoisotopic (exact) mass is 285 g/mol. The van der Waals surface area contributed by atoms with Gasteiger partial charge in [0, 0.05) is 0 Å². The van der Waals surface area contributed by atoms with Crippen LogP contribution >= 0.6 is 0 Å². The minimum atomic E-state index is -3.35. The van der Waals surface area contributed by atoms with Crippen molar-refractivity contribution in [1.82, 2.24) is 0 Å². The lowest BCUT2D eigenvalue weighted by Crippen LogP contribution is -2.16. The number of ether oxygens (including phenoxy) is 1. The molecule has 0 atom stereocenters. The molecule has 0 aliphatic carbocycles. The van der Waals surface area contributed by atoms with Crippen LogP contribution < -0.4 is 9.88 Å². The van der Waals surface area contributed by atoms with Crippen molar-refractivity contribution in [3.8, 4) is 5.75 Å². The van der Waals surface area contributed by atoms with Crippen LogP contribution in [0.1, 0.15) is 39.2 Å². The van der Waals surface area contributed by atoms with Crippen LogP contribution in [0.4, 0.5) is 0 Å². The van der Waals surface area contributed by atoms with E-state index in [-0.39, 0.29) is 11.2 Å². The highest BCUT2D eigenvalue weighted by Crippen LogP contribution is 2.25. The summed E-state index contributed by atoms with van der Waals surface area (Å²) in [5, 5.41) is 4.93. The number of hydrogen-bond acceptors (Lipinski definition) is 3. The molecule has 0 saturated carbocycles. The Bertz CT molecular complexity index is 504. The number of rotatable bonds is 6. The molecule has 0 fully saturated rings. The molecule has 0 spiro atoms. The third-order valence-corrected chi connectivity index (χ3v) is 3.65. The predicted molar refractivity (Wildman–Crippen MR) is 77.8 cm³/mol. The lowest BCUT2D eigenvalue weighted by Gasteiger charge is -2.19. The van der Waals surface area contributed by atoms with Crippen molar-refractivity contribution in [1.29, 1.82) is 0 Å². The number of benzene rings is 1. The Balaban J connectivity index is 2.42. The molecule has 108 valence electrons. The van der Waals surface area contributed by atoms with Gasteiger partial charge in [-0.25, -0.2) is 13.6 Å². The first kappa shape index (κ1) is 16.0. The van der Waals surface area contributed by atoms with Crippen molar-refractivity contribution >= 4 is 10.0 Å². The minimum Gasteiger partial charge on any atom is -0.494 e. The average molecular weight is 285 g/mol. The molecule has 2 N–H and O–H groups in total. The molecule has 0 radical (unpaired) electrons. The SMILES string of the molecule is CC(C)(C)c1cccc(OCCCCS(N)(=O)=O)c1. The van der Waals surface area contributed by atoms with E-state index in [0.717, 1.165) is 5.75 Å². The largest absolute Gasteiger partial charge is 0.494 e. The molecule has 0 heterocycles. The Labute approximate surface area is 116 Å². The predicted octanol–water partition coefficient (Wildman–Crippen LogP) is 2.43. The molecule has 0 aromatic heterocycles. The van der Waals surface area contributed by atoms with E-state index >= 15 is 0 Å². The van der Waals surface area contributed by atoms with E-state index in [1.165, 1.54) is 5.56 Å². The van der Waals surface area contributed by atoms with Crippen LogP contribution in [0.2, 0.25) is 0 Å². The van der Waals surface area contributed by atoms with E-state index in [4.69, 9.17) is 9.88 Å². The topological polar surface area (TPSA) is 69.4 Å². The Kier molecular flexibility index (Phi) is 5.38. The summed E-state index contributed by atoms with van der Waals surface area (Å²) in [6, 6.07) is 7.99. The van der Waals surface area contributed by atoms with Gasteiger partial charge in [-0.1, -0.05) is 32.9 Å². The lowest BCUT2D eigenvalue weighted by atomic mass is 9.87. The highest BCUT2D eigenvalue weighted by molar-refractivity contribution is 7.89. The quantitative estimate of drug-likeness (QED) is 0.816. The Hall–Kier alpha value is -1.07. The summed E-state index contributed by atoms with van der Waals surface area (Å²) < 4.78 is 27.1. The van der Waals surface area contributed by atoms with E-state index in [1.54, 1.807) is 0 Å². The van der Waals surface area contributed by atoms with Crippen molar-refractivity contribution in [3.63, 3.8) is 0 Å². The van der Waals surface area contributed by atoms with Gasteiger partial charge in [0.25, 0.3) is 0 Å². The summed E-state index contributed by atoms with van der Waals surface area (Å²) in [6.07, 6.45) is 1.20. The molecule has 5 heteroatoms. The zero-order valence-electron chi connectivity index (χ0n) is 11.8. The number of hydrogen-bond donors (Lipinski definition) is 1. The Morgan fingerprint density at radius 1 is 1.21 bits per heavy atom. The van der Waals surface area contributed by atoms with Gasteiger partial charge >= 0.3 is 0 Å². The van der Waals surface area contributed by atoms with E-state index in [0.29, 0.717) is 19.4 Å². The molecule has 4 nitrogen and oxygen atoms in total. The highest BCUT2D eigenvalue weighted by atomic mass is 32.2. The fraction of sp³-hybridized carbons (Fsp3) is 0.571. The van der Waals surface area contributed by atoms with Crippen LogP contribution in [0, 0.1) is 0 Å². The third-order valence-electron chi connectivity index (χ3n) is 2.79. The van der Waals surface area contributed by atoms with Gasteiger partial charge in [0.15, 0.2) is 0 Å². The van der Waals surface area contributed by atoms with E-state index in [2.05, 4.69) is 26.8 Å². The fourth-order valence-electron chi connectivity index (χ4n) is 1.65. The smallest absolute Gasteiger partial charge is 0.209 e. The van der Waals surface area contributed by atoms with Crippen molar-refractivity contribution < 1.29 is 13.2 Å². The van der Waals surface area contributed by atoms with Gasteiger partial charge in [-0.15, -0.1) is 0 Å². The number of primary sulfonamides is 1. The van der Waals surface area contributed by atoms with Crippen LogP contribution in [0.3, 0.4) is 0 Å². The lowest BCUT2D eigenvalue weighted by molar-refractivity contribution is 0.308. The summed E-state index contributed by atoms with van der Waals surface area (Å²) >= 11 is 0. The second-order valence-corrected chi connectivity index (χ2v) is 7.43. The summed E-state index contributed by atoms with van der Waals surface area (Å²) in [4.78, 5) is 0. The molecule has 0 unspecified atom stereocenters. The molecular formula is C14H23NO3S. The maximum absolute atomic E-state index is 10.8. The van der Waals surface area contributed by atoms with Gasteiger partial charge in [-0.05, 0) is 36.0 Å². The van der Waals surface area contributed by atoms with Gasteiger partial charge in [0.1, 0.15) is 5.75 Å². The maximum Gasteiger partial charge on any atom is 0.209 e. The first-order valence-corrected chi connectivity index (χ1v) is 8.14. The maximum atomic E-state index is 10.8. The van der Waals surface area contributed by atoms with E-state index in [1.807, 2.05) is 18.2 Å². The van der Waals surface area contributed by atoms with E-state index < -0.39 is 10.0 Å². The molecule has 19 heavy (non-hydrogen) atoms. The first-order valence-electron chi connectivity index (χ1n) is 6.42. The number of nitrogens with two attached hydrogens (primary N) is 1. The molecule has 1 rings (SSSR count). The van der Waals surface area contributed by atoms with Gasteiger partial charge in [0.05, 0.1) is 12.4 Å².